The van der Waals surface area contributed by atoms with Gasteiger partial charge in [-0.2, -0.15) is 11.8 Å². The fraction of sp³-hybridized carbons (Fsp3) is 0.645. The van der Waals surface area contributed by atoms with Gasteiger partial charge in [0, 0.05) is 24.1 Å². The second kappa shape index (κ2) is 19.8. The molecule has 0 spiro atoms. The third kappa shape index (κ3) is 13.4. The molecule has 0 heterocycles. The molecule has 0 fully saturated rings. The largest absolute Gasteiger partial charge is 0.507 e. The van der Waals surface area contributed by atoms with Gasteiger partial charge in [-0.05, 0) is 35.1 Å². The molecule has 0 saturated carbocycles. The molecule has 0 amide bonds. The third-order valence-corrected chi connectivity index (χ3v) is 7.68. The van der Waals surface area contributed by atoms with Crippen LogP contribution < -0.4 is 0 Å². The first-order valence-corrected chi connectivity index (χ1v) is 15.3. The number of fused-ring (bicyclic) bond motifs is 1. The minimum absolute atomic E-state index is 0.309. The van der Waals surface area contributed by atoms with Crippen molar-refractivity contribution >= 4 is 28.7 Å². The molecule has 2 rings (SSSR count). The van der Waals surface area contributed by atoms with Gasteiger partial charge in [-0.3, -0.25) is 4.99 Å². The Hall–Kier alpha value is -1.48. The summed E-state index contributed by atoms with van der Waals surface area (Å²) in [5.74, 6) is 2.61. The van der Waals surface area contributed by atoms with Crippen LogP contribution in [-0.4, -0.2) is 29.4 Å². The van der Waals surface area contributed by atoms with Crippen molar-refractivity contribution in [1.29, 1.82) is 0 Å². The summed E-state index contributed by atoms with van der Waals surface area (Å²) in [6, 6.07) is 11.9. The topological polar surface area (TPSA) is 32.6 Å². The second-order valence-electron chi connectivity index (χ2n) is 9.71. The van der Waals surface area contributed by atoms with E-state index in [1.165, 1.54) is 108 Å². The molecule has 2 nitrogen and oxygen atoms in total. The highest BCUT2D eigenvalue weighted by molar-refractivity contribution is 7.99. The summed E-state index contributed by atoms with van der Waals surface area (Å²) in [5.41, 5.74) is 0.807. The summed E-state index contributed by atoms with van der Waals surface area (Å²) < 4.78 is 0. The van der Waals surface area contributed by atoms with E-state index in [9.17, 15) is 5.11 Å². The van der Waals surface area contributed by atoms with Gasteiger partial charge in [-0.25, -0.2) is 0 Å². The third-order valence-electron chi connectivity index (χ3n) is 6.63. The number of aliphatic imine (C=N–C) groups is 1. The van der Waals surface area contributed by atoms with Gasteiger partial charge in [0.05, 0.1) is 0 Å². The zero-order valence-electron chi connectivity index (χ0n) is 21.8. The molecule has 0 unspecified atom stereocenters. The summed E-state index contributed by atoms with van der Waals surface area (Å²) in [7, 11) is 0. The second-order valence-corrected chi connectivity index (χ2v) is 10.9. The van der Waals surface area contributed by atoms with Crippen molar-refractivity contribution in [2.75, 3.05) is 18.1 Å². The number of rotatable bonds is 21. The van der Waals surface area contributed by atoms with Crippen molar-refractivity contribution in [3.05, 3.63) is 42.0 Å². The maximum absolute atomic E-state index is 10.2. The van der Waals surface area contributed by atoms with Crippen LogP contribution in [0.1, 0.15) is 115 Å². The van der Waals surface area contributed by atoms with Crippen LogP contribution in [0.25, 0.3) is 10.8 Å². The Morgan fingerprint density at radius 3 is 1.74 bits per heavy atom. The molecular formula is C31H49NOS. The van der Waals surface area contributed by atoms with Gasteiger partial charge in [0.15, 0.2) is 0 Å². The fourth-order valence-corrected chi connectivity index (χ4v) is 5.33. The predicted octanol–water partition coefficient (Wildman–Crippen LogP) is 9.96. The first-order chi connectivity index (χ1) is 16.8. The molecule has 0 atom stereocenters. The van der Waals surface area contributed by atoms with Crippen molar-refractivity contribution < 1.29 is 5.11 Å². The summed E-state index contributed by atoms with van der Waals surface area (Å²) in [6.07, 6.45) is 24.6. The van der Waals surface area contributed by atoms with E-state index in [4.69, 9.17) is 0 Å². The zero-order valence-corrected chi connectivity index (χ0v) is 22.6. The highest BCUT2D eigenvalue weighted by Gasteiger charge is 2.01. The van der Waals surface area contributed by atoms with Gasteiger partial charge >= 0.3 is 0 Å². The van der Waals surface area contributed by atoms with E-state index in [-0.39, 0.29) is 0 Å². The number of hydrogen-bond donors (Lipinski definition) is 1. The Morgan fingerprint density at radius 2 is 1.18 bits per heavy atom. The van der Waals surface area contributed by atoms with Crippen LogP contribution in [0.3, 0.4) is 0 Å². The Morgan fingerprint density at radius 1 is 0.676 bits per heavy atom. The van der Waals surface area contributed by atoms with Gasteiger partial charge in [-0.15, -0.1) is 0 Å². The average molecular weight is 484 g/mol. The van der Waals surface area contributed by atoms with Gasteiger partial charge < -0.3 is 5.11 Å². The highest BCUT2D eigenvalue weighted by Crippen LogP contribution is 2.23. The minimum atomic E-state index is 0.309. The Balaban J connectivity index is 1.34. The van der Waals surface area contributed by atoms with Crippen molar-refractivity contribution in [2.45, 2.75) is 110 Å². The number of phenolic OH excluding ortho intramolecular Hbond substituents is 1. The number of benzene rings is 2. The SMILES string of the molecule is CCCCCCCCCCCCCCCCCCSCCN=Cc1cc2ccccc2cc1O. The van der Waals surface area contributed by atoms with Crippen molar-refractivity contribution in [3.63, 3.8) is 0 Å². The van der Waals surface area contributed by atoms with Gasteiger partial charge in [-0.1, -0.05) is 128 Å². The van der Waals surface area contributed by atoms with E-state index < -0.39 is 0 Å². The van der Waals surface area contributed by atoms with E-state index in [0.717, 1.165) is 28.6 Å². The summed E-state index contributed by atoms with van der Waals surface area (Å²) in [5, 5.41) is 12.4. The Bertz CT molecular complexity index is 788. The maximum atomic E-state index is 10.2. The molecule has 34 heavy (non-hydrogen) atoms. The maximum Gasteiger partial charge on any atom is 0.124 e. The first kappa shape index (κ1) is 28.8. The fourth-order valence-electron chi connectivity index (χ4n) is 4.48. The van der Waals surface area contributed by atoms with Gasteiger partial charge in [0.2, 0.25) is 0 Å². The molecule has 0 aliphatic rings. The molecule has 0 aromatic heterocycles. The summed E-state index contributed by atoms with van der Waals surface area (Å²) >= 11 is 2.01. The van der Waals surface area contributed by atoms with E-state index >= 15 is 0 Å². The molecular weight excluding hydrogens is 434 g/mol. The number of hydrogen-bond acceptors (Lipinski definition) is 3. The number of aromatic hydroxyl groups is 1. The van der Waals surface area contributed by atoms with Crippen LogP contribution in [0.15, 0.2) is 41.4 Å². The first-order valence-electron chi connectivity index (χ1n) is 14.1. The van der Waals surface area contributed by atoms with Crippen molar-refractivity contribution in [1.82, 2.24) is 0 Å². The predicted molar refractivity (Wildman–Crippen MR) is 155 cm³/mol. The molecule has 0 aliphatic heterocycles. The lowest BCUT2D eigenvalue weighted by molar-refractivity contribution is 0.475. The van der Waals surface area contributed by atoms with E-state index in [2.05, 4.69) is 18.0 Å². The monoisotopic (exact) mass is 483 g/mol. The summed E-state index contributed by atoms with van der Waals surface area (Å²) in [6.45, 7) is 3.11. The van der Waals surface area contributed by atoms with E-state index in [0.29, 0.717) is 5.75 Å². The molecule has 0 bridgehead atoms. The van der Waals surface area contributed by atoms with Crippen LogP contribution >= 0.6 is 11.8 Å². The van der Waals surface area contributed by atoms with E-state index in [1.54, 1.807) is 0 Å². The summed E-state index contributed by atoms with van der Waals surface area (Å²) in [4.78, 5) is 4.52. The van der Waals surface area contributed by atoms with Crippen LogP contribution in [0.4, 0.5) is 0 Å². The molecule has 190 valence electrons. The quantitative estimate of drug-likeness (QED) is 0.141. The number of nitrogens with zero attached hydrogens (tertiary/aromatic N) is 1. The highest BCUT2D eigenvalue weighted by atomic mass is 32.2. The van der Waals surface area contributed by atoms with Gasteiger partial charge in [0.1, 0.15) is 5.75 Å². The lowest BCUT2D eigenvalue weighted by atomic mass is 10.0. The zero-order chi connectivity index (χ0) is 24.1. The average Bonchev–Trinajstić information content (AvgIpc) is 2.85. The van der Waals surface area contributed by atoms with Crippen LogP contribution in [0.2, 0.25) is 0 Å². The molecule has 2 aromatic carbocycles. The number of phenols is 1. The van der Waals surface area contributed by atoms with Crippen LogP contribution in [-0.2, 0) is 0 Å². The lowest BCUT2D eigenvalue weighted by Crippen LogP contribution is -1.91. The standard InChI is InChI=1S/C31H49NOS/c1-2-3-4-5-6-7-8-9-10-11-12-13-14-15-16-19-23-34-24-22-32-27-30-25-28-20-17-18-21-29(28)26-31(30)33/h17-18,20-21,25-27,33H,2-16,19,22-24H2,1H3. The molecule has 1 N–H and O–H groups in total. The normalized spacial score (nSPS) is 11.7. The molecule has 0 saturated heterocycles. The lowest BCUT2D eigenvalue weighted by Gasteiger charge is -2.04. The molecule has 0 radical (unpaired) electrons. The Kier molecular flexibility index (Phi) is 16.7. The Labute approximate surface area is 214 Å². The number of thioether (sulfide) groups is 1. The van der Waals surface area contributed by atoms with Crippen LogP contribution in [0.5, 0.6) is 5.75 Å². The minimum Gasteiger partial charge on any atom is -0.507 e. The smallest absolute Gasteiger partial charge is 0.124 e. The molecule has 2 aromatic rings. The molecule has 0 aliphatic carbocycles. The van der Waals surface area contributed by atoms with Crippen molar-refractivity contribution in [3.8, 4) is 5.75 Å². The van der Waals surface area contributed by atoms with Gasteiger partial charge in [0.25, 0.3) is 0 Å². The van der Waals surface area contributed by atoms with E-state index in [1.807, 2.05) is 48.3 Å². The number of unbranched alkanes of at least 4 members (excludes halogenated alkanes) is 15. The van der Waals surface area contributed by atoms with Crippen molar-refractivity contribution in [2.24, 2.45) is 4.99 Å². The molecule has 3 heteroatoms. The van der Waals surface area contributed by atoms with Crippen LogP contribution in [0, 0.1) is 0 Å².